The fraction of sp³-hybridized carbons (Fsp3) is 0.389. The second-order valence-corrected chi connectivity index (χ2v) is 6.01. The van der Waals surface area contributed by atoms with Crippen molar-refractivity contribution in [1.82, 2.24) is 19.4 Å². The number of hydrogen-bond acceptors (Lipinski definition) is 6. The number of nitrogens with zero attached hydrogens (tertiary/aromatic N) is 5. The molecule has 138 valence electrons. The van der Waals surface area contributed by atoms with Crippen molar-refractivity contribution >= 4 is 17.2 Å². The Labute approximate surface area is 152 Å². The third-order valence-corrected chi connectivity index (χ3v) is 4.16. The Hall–Kier alpha value is -2.87. The van der Waals surface area contributed by atoms with Crippen LogP contribution in [0, 0.1) is 0 Å². The number of aromatic nitrogens is 4. The molecule has 0 aliphatic carbocycles. The van der Waals surface area contributed by atoms with Crippen molar-refractivity contribution in [3.63, 3.8) is 0 Å². The fourth-order valence-corrected chi connectivity index (χ4v) is 2.92. The highest BCUT2D eigenvalue weighted by atomic mass is 16.5. The molecule has 0 aromatic carbocycles. The molecule has 0 fully saturated rings. The average molecular weight is 356 g/mol. The summed E-state index contributed by atoms with van der Waals surface area (Å²) in [6.45, 7) is 3.88. The maximum Gasteiger partial charge on any atom is 0.307 e. The van der Waals surface area contributed by atoms with Gasteiger partial charge in [-0.05, 0) is 13.0 Å². The number of rotatable bonds is 8. The number of carbonyl (C=O) groups is 1. The Morgan fingerprint density at radius 1 is 1.19 bits per heavy atom. The lowest BCUT2D eigenvalue weighted by molar-refractivity contribution is -0.142. The molecular formula is C18H24N6O2. The second kappa shape index (κ2) is 8.01. The number of anilines is 1. The van der Waals surface area contributed by atoms with Gasteiger partial charge in [-0.2, -0.15) is 10.2 Å². The van der Waals surface area contributed by atoms with Crippen LogP contribution in [0.3, 0.4) is 0 Å². The first kappa shape index (κ1) is 17.9. The number of esters is 1. The first-order valence-electron chi connectivity index (χ1n) is 8.69. The molecule has 26 heavy (non-hydrogen) atoms. The third kappa shape index (κ3) is 3.85. The molecule has 3 aromatic rings. The van der Waals surface area contributed by atoms with E-state index in [1.807, 2.05) is 48.5 Å². The minimum atomic E-state index is -0.204. The van der Waals surface area contributed by atoms with E-state index in [1.165, 1.54) is 0 Å². The van der Waals surface area contributed by atoms with Crippen LogP contribution in [0.15, 0.2) is 36.9 Å². The van der Waals surface area contributed by atoms with E-state index in [-0.39, 0.29) is 5.97 Å². The van der Waals surface area contributed by atoms with Gasteiger partial charge in [0.25, 0.3) is 0 Å². The van der Waals surface area contributed by atoms with Gasteiger partial charge in [0.15, 0.2) is 0 Å². The summed E-state index contributed by atoms with van der Waals surface area (Å²) in [4.78, 5) is 13.8. The number of aryl methyl sites for hydroxylation is 1. The number of nitrogens with two attached hydrogens (primary N) is 1. The summed E-state index contributed by atoms with van der Waals surface area (Å²) >= 11 is 0. The van der Waals surface area contributed by atoms with Gasteiger partial charge in [-0.1, -0.05) is 6.07 Å². The molecule has 0 atom stereocenters. The van der Waals surface area contributed by atoms with Crippen molar-refractivity contribution in [1.29, 1.82) is 0 Å². The van der Waals surface area contributed by atoms with Gasteiger partial charge in [-0.3, -0.25) is 9.48 Å². The Morgan fingerprint density at radius 3 is 2.73 bits per heavy atom. The van der Waals surface area contributed by atoms with Gasteiger partial charge in [-0.15, -0.1) is 0 Å². The molecule has 0 spiro atoms. The van der Waals surface area contributed by atoms with Gasteiger partial charge in [-0.25, -0.2) is 4.52 Å². The maximum atomic E-state index is 11.7. The number of pyridine rings is 1. The van der Waals surface area contributed by atoms with Crippen LogP contribution in [0.5, 0.6) is 0 Å². The van der Waals surface area contributed by atoms with Crippen molar-refractivity contribution in [3.05, 3.63) is 36.9 Å². The Kier molecular flexibility index (Phi) is 5.52. The topological polar surface area (TPSA) is 90.7 Å². The molecule has 0 radical (unpaired) electrons. The predicted molar refractivity (Wildman–Crippen MR) is 99.9 cm³/mol. The summed E-state index contributed by atoms with van der Waals surface area (Å²) in [7, 11) is 1.89. The first-order valence-corrected chi connectivity index (χ1v) is 8.69. The maximum absolute atomic E-state index is 11.7. The summed E-state index contributed by atoms with van der Waals surface area (Å²) in [5.74, 6) is -0.204. The molecule has 3 aromatic heterocycles. The zero-order valence-electron chi connectivity index (χ0n) is 15.1. The Balaban J connectivity index is 1.84. The van der Waals surface area contributed by atoms with Gasteiger partial charge < -0.3 is 15.4 Å². The summed E-state index contributed by atoms with van der Waals surface area (Å²) < 4.78 is 8.63. The Bertz CT molecular complexity index is 885. The lowest BCUT2D eigenvalue weighted by Crippen LogP contribution is -2.31. The monoisotopic (exact) mass is 356 g/mol. The van der Waals surface area contributed by atoms with Crippen LogP contribution in [0.25, 0.3) is 16.6 Å². The van der Waals surface area contributed by atoms with Crippen LogP contribution < -0.4 is 10.6 Å². The lowest BCUT2D eigenvalue weighted by atomic mass is 10.1. The zero-order valence-corrected chi connectivity index (χ0v) is 15.1. The molecule has 0 aliphatic heterocycles. The number of carbonyl (C=O) groups excluding carboxylic acids is 1. The van der Waals surface area contributed by atoms with Crippen LogP contribution in [0.4, 0.5) is 5.69 Å². The molecule has 2 N–H and O–H groups in total. The van der Waals surface area contributed by atoms with Gasteiger partial charge in [0.2, 0.25) is 0 Å². The number of hydrogen-bond donors (Lipinski definition) is 1. The van der Waals surface area contributed by atoms with Crippen molar-refractivity contribution in [3.8, 4) is 11.1 Å². The van der Waals surface area contributed by atoms with E-state index in [4.69, 9.17) is 10.5 Å². The van der Waals surface area contributed by atoms with E-state index in [1.54, 1.807) is 11.6 Å². The van der Waals surface area contributed by atoms with Gasteiger partial charge in [0.05, 0.1) is 36.6 Å². The molecule has 0 unspecified atom stereocenters. The Morgan fingerprint density at radius 2 is 2.04 bits per heavy atom. The average Bonchev–Trinajstić information content (AvgIpc) is 3.24. The van der Waals surface area contributed by atoms with E-state index >= 15 is 0 Å². The third-order valence-electron chi connectivity index (χ3n) is 4.16. The van der Waals surface area contributed by atoms with Gasteiger partial charge >= 0.3 is 5.97 Å². The molecule has 0 aliphatic rings. The molecular weight excluding hydrogens is 332 g/mol. The largest absolute Gasteiger partial charge is 0.466 e. The standard InChI is InChI=1S/C18H24N6O2/c1-3-26-18(25)6-8-23(9-7-19)17-11-21-24-13-14(4-5-16(17)24)15-10-20-22(2)12-15/h4-5,10-13H,3,6-9,19H2,1-2H3. The molecule has 0 saturated heterocycles. The van der Waals surface area contributed by atoms with Gasteiger partial charge in [0, 0.05) is 50.2 Å². The van der Waals surface area contributed by atoms with Gasteiger partial charge in [0.1, 0.15) is 0 Å². The molecule has 8 nitrogen and oxygen atoms in total. The molecule has 8 heteroatoms. The first-order chi connectivity index (χ1) is 12.6. The highest BCUT2D eigenvalue weighted by Gasteiger charge is 2.15. The number of ether oxygens (including phenoxy) is 1. The molecule has 0 saturated carbocycles. The second-order valence-electron chi connectivity index (χ2n) is 6.01. The van der Waals surface area contributed by atoms with E-state index < -0.39 is 0 Å². The minimum Gasteiger partial charge on any atom is -0.466 e. The molecule has 0 amide bonds. The van der Waals surface area contributed by atoms with Crippen LogP contribution >= 0.6 is 0 Å². The van der Waals surface area contributed by atoms with Crippen LogP contribution in [-0.2, 0) is 16.6 Å². The summed E-state index contributed by atoms with van der Waals surface area (Å²) in [6, 6.07) is 4.07. The quantitative estimate of drug-likeness (QED) is 0.615. The molecule has 3 rings (SSSR count). The summed E-state index contributed by atoms with van der Waals surface area (Å²) in [5, 5.41) is 8.68. The highest BCUT2D eigenvalue weighted by molar-refractivity contribution is 5.76. The van der Waals surface area contributed by atoms with Crippen molar-refractivity contribution in [2.45, 2.75) is 13.3 Å². The van der Waals surface area contributed by atoms with Crippen molar-refractivity contribution in [2.75, 3.05) is 31.1 Å². The van der Waals surface area contributed by atoms with Crippen LogP contribution in [0.2, 0.25) is 0 Å². The highest BCUT2D eigenvalue weighted by Crippen LogP contribution is 2.25. The normalized spacial score (nSPS) is 11.0. The van der Waals surface area contributed by atoms with Crippen LogP contribution in [0.1, 0.15) is 13.3 Å². The summed E-state index contributed by atoms with van der Waals surface area (Å²) in [5.41, 5.74) is 9.75. The zero-order chi connectivity index (χ0) is 18.5. The van der Waals surface area contributed by atoms with Crippen molar-refractivity contribution in [2.24, 2.45) is 12.8 Å². The van der Waals surface area contributed by atoms with Crippen molar-refractivity contribution < 1.29 is 9.53 Å². The number of fused-ring (bicyclic) bond motifs is 1. The van der Waals surface area contributed by atoms with E-state index in [0.717, 1.165) is 22.3 Å². The summed E-state index contributed by atoms with van der Waals surface area (Å²) in [6.07, 6.45) is 7.89. The molecule has 0 bridgehead atoms. The molecule has 3 heterocycles. The van der Waals surface area contributed by atoms with Crippen LogP contribution in [-0.4, -0.2) is 51.6 Å². The smallest absolute Gasteiger partial charge is 0.307 e. The van der Waals surface area contributed by atoms with E-state index in [2.05, 4.69) is 15.1 Å². The van der Waals surface area contributed by atoms with E-state index in [0.29, 0.717) is 32.7 Å². The van der Waals surface area contributed by atoms with E-state index in [9.17, 15) is 4.79 Å². The SMILES string of the molecule is CCOC(=O)CCN(CCN)c1cnn2cc(-c3cnn(C)c3)ccc12. The minimum absolute atomic E-state index is 0.204. The fourth-order valence-electron chi connectivity index (χ4n) is 2.92. The predicted octanol–water partition coefficient (Wildman–Crippen LogP) is 1.45. The lowest BCUT2D eigenvalue weighted by Gasteiger charge is -2.22.